The number of imidazole rings is 1. The lowest BCUT2D eigenvalue weighted by Gasteiger charge is -2.06. The standard InChI is InChI=1S/C11H16N4O/c1-9-8-14-11-10(12-4-3-7-16-2)13-5-6-15(9)11/h5-6,8H,3-4,7H2,1-2H3,(H,12,13). The van der Waals surface area contributed by atoms with Gasteiger partial charge in [0.2, 0.25) is 0 Å². The predicted molar refractivity (Wildman–Crippen MR) is 62.7 cm³/mol. The molecule has 2 rings (SSSR count). The summed E-state index contributed by atoms with van der Waals surface area (Å²) >= 11 is 0. The monoisotopic (exact) mass is 220 g/mol. The lowest BCUT2D eigenvalue weighted by Crippen LogP contribution is -2.07. The van der Waals surface area contributed by atoms with Gasteiger partial charge in [-0.05, 0) is 13.3 Å². The number of anilines is 1. The maximum absolute atomic E-state index is 4.99. The second-order valence-corrected chi connectivity index (χ2v) is 3.64. The molecule has 1 N–H and O–H groups in total. The minimum atomic E-state index is 0.754. The summed E-state index contributed by atoms with van der Waals surface area (Å²) in [5.41, 5.74) is 1.98. The van der Waals surface area contributed by atoms with Gasteiger partial charge in [-0.3, -0.25) is 4.40 Å². The fourth-order valence-corrected chi connectivity index (χ4v) is 1.59. The van der Waals surface area contributed by atoms with Crippen LogP contribution in [0.15, 0.2) is 18.6 Å². The van der Waals surface area contributed by atoms with Gasteiger partial charge < -0.3 is 10.1 Å². The number of aryl methyl sites for hydroxylation is 1. The van der Waals surface area contributed by atoms with Gasteiger partial charge in [0.1, 0.15) is 0 Å². The highest BCUT2D eigenvalue weighted by atomic mass is 16.5. The topological polar surface area (TPSA) is 51.5 Å². The summed E-state index contributed by atoms with van der Waals surface area (Å²) in [5, 5.41) is 3.26. The van der Waals surface area contributed by atoms with Crippen LogP contribution in [-0.2, 0) is 4.74 Å². The van der Waals surface area contributed by atoms with E-state index >= 15 is 0 Å². The molecular formula is C11H16N4O. The molecule has 0 atom stereocenters. The molecule has 16 heavy (non-hydrogen) atoms. The largest absolute Gasteiger partial charge is 0.385 e. The van der Waals surface area contributed by atoms with Crippen LogP contribution in [-0.4, -0.2) is 34.6 Å². The minimum absolute atomic E-state index is 0.754. The number of nitrogens with zero attached hydrogens (tertiary/aromatic N) is 3. The molecule has 2 aromatic rings. The van der Waals surface area contributed by atoms with Gasteiger partial charge in [0.05, 0.1) is 0 Å². The lowest BCUT2D eigenvalue weighted by molar-refractivity contribution is 0.198. The molecule has 0 fully saturated rings. The number of aromatic nitrogens is 3. The summed E-state index contributed by atoms with van der Waals surface area (Å²) in [6, 6.07) is 0. The molecular weight excluding hydrogens is 204 g/mol. The fourth-order valence-electron chi connectivity index (χ4n) is 1.59. The third kappa shape index (κ3) is 2.14. The van der Waals surface area contributed by atoms with Gasteiger partial charge in [-0.2, -0.15) is 0 Å². The molecule has 2 aromatic heterocycles. The van der Waals surface area contributed by atoms with Crippen LogP contribution in [0, 0.1) is 6.92 Å². The Morgan fingerprint density at radius 3 is 3.12 bits per heavy atom. The molecule has 0 aliphatic heterocycles. The van der Waals surface area contributed by atoms with Crippen molar-refractivity contribution in [1.82, 2.24) is 14.4 Å². The van der Waals surface area contributed by atoms with Crippen molar-refractivity contribution in [3.05, 3.63) is 24.3 Å². The van der Waals surface area contributed by atoms with Crippen molar-refractivity contribution in [2.24, 2.45) is 0 Å². The first-order chi connectivity index (χ1) is 7.83. The molecule has 0 radical (unpaired) electrons. The average molecular weight is 220 g/mol. The second kappa shape index (κ2) is 4.94. The molecule has 0 bridgehead atoms. The molecule has 0 saturated heterocycles. The molecule has 2 heterocycles. The van der Waals surface area contributed by atoms with Crippen molar-refractivity contribution in [3.63, 3.8) is 0 Å². The lowest BCUT2D eigenvalue weighted by atomic mass is 10.4. The Kier molecular flexibility index (Phi) is 3.36. The van der Waals surface area contributed by atoms with Gasteiger partial charge in [0.15, 0.2) is 11.5 Å². The minimum Gasteiger partial charge on any atom is -0.385 e. The van der Waals surface area contributed by atoms with Crippen LogP contribution in [0.4, 0.5) is 5.82 Å². The smallest absolute Gasteiger partial charge is 0.180 e. The van der Waals surface area contributed by atoms with Gasteiger partial charge in [-0.25, -0.2) is 9.97 Å². The molecule has 0 aliphatic carbocycles. The Labute approximate surface area is 94.5 Å². The zero-order chi connectivity index (χ0) is 11.4. The summed E-state index contributed by atoms with van der Waals surface area (Å²) in [4.78, 5) is 8.61. The van der Waals surface area contributed by atoms with E-state index in [1.807, 2.05) is 23.7 Å². The van der Waals surface area contributed by atoms with E-state index in [1.54, 1.807) is 13.3 Å². The second-order valence-electron chi connectivity index (χ2n) is 3.64. The SMILES string of the molecule is COCCCNc1nccn2c(C)cnc12. The first-order valence-corrected chi connectivity index (χ1v) is 5.34. The van der Waals surface area contributed by atoms with Crippen LogP contribution in [0.5, 0.6) is 0 Å². The average Bonchev–Trinajstić information content (AvgIpc) is 2.68. The number of ether oxygens (including phenoxy) is 1. The summed E-state index contributed by atoms with van der Waals surface area (Å²) in [7, 11) is 1.71. The number of fused-ring (bicyclic) bond motifs is 1. The molecule has 5 nitrogen and oxygen atoms in total. The van der Waals surface area contributed by atoms with E-state index in [0.29, 0.717) is 0 Å². The molecule has 0 amide bonds. The van der Waals surface area contributed by atoms with Crippen LogP contribution in [0.25, 0.3) is 5.65 Å². The summed E-state index contributed by atoms with van der Waals surface area (Å²) in [5.74, 6) is 0.826. The van der Waals surface area contributed by atoms with Crippen molar-refractivity contribution in [2.75, 3.05) is 25.6 Å². The van der Waals surface area contributed by atoms with Crippen molar-refractivity contribution in [2.45, 2.75) is 13.3 Å². The van der Waals surface area contributed by atoms with Crippen molar-refractivity contribution in [3.8, 4) is 0 Å². The van der Waals surface area contributed by atoms with E-state index in [2.05, 4.69) is 15.3 Å². The molecule has 0 unspecified atom stereocenters. The number of nitrogens with one attached hydrogen (secondary N) is 1. The maximum atomic E-state index is 4.99. The summed E-state index contributed by atoms with van der Waals surface area (Å²) < 4.78 is 7.01. The third-order valence-electron chi connectivity index (χ3n) is 2.43. The maximum Gasteiger partial charge on any atom is 0.180 e. The third-order valence-corrected chi connectivity index (χ3v) is 2.43. The quantitative estimate of drug-likeness (QED) is 0.775. The van der Waals surface area contributed by atoms with Crippen LogP contribution >= 0.6 is 0 Å². The van der Waals surface area contributed by atoms with Crippen LogP contribution in [0.2, 0.25) is 0 Å². The van der Waals surface area contributed by atoms with E-state index < -0.39 is 0 Å². The number of hydrogen-bond acceptors (Lipinski definition) is 4. The number of rotatable bonds is 5. The Morgan fingerprint density at radius 2 is 2.31 bits per heavy atom. The predicted octanol–water partition coefficient (Wildman–Crippen LogP) is 1.49. The van der Waals surface area contributed by atoms with Gasteiger partial charge in [0.25, 0.3) is 0 Å². The molecule has 0 saturated carbocycles. The zero-order valence-electron chi connectivity index (χ0n) is 9.60. The van der Waals surface area contributed by atoms with E-state index in [-0.39, 0.29) is 0 Å². The van der Waals surface area contributed by atoms with Gasteiger partial charge in [-0.15, -0.1) is 0 Å². The van der Waals surface area contributed by atoms with E-state index in [9.17, 15) is 0 Å². The molecule has 0 aliphatic rings. The van der Waals surface area contributed by atoms with Crippen molar-refractivity contribution in [1.29, 1.82) is 0 Å². The highest BCUT2D eigenvalue weighted by Crippen LogP contribution is 2.13. The Balaban J connectivity index is 2.11. The highest BCUT2D eigenvalue weighted by Gasteiger charge is 2.04. The van der Waals surface area contributed by atoms with E-state index in [4.69, 9.17) is 4.74 Å². The fraction of sp³-hybridized carbons (Fsp3) is 0.455. The number of hydrogen-bond donors (Lipinski definition) is 1. The van der Waals surface area contributed by atoms with E-state index in [1.165, 1.54) is 0 Å². The Bertz CT molecular complexity index is 466. The first-order valence-electron chi connectivity index (χ1n) is 5.34. The molecule has 0 aromatic carbocycles. The van der Waals surface area contributed by atoms with Crippen molar-refractivity contribution >= 4 is 11.5 Å². The summed E-state index contributed by atoms with van der Waals surface area (Å²) in [6.07, 6.45) is 6.49. The zero-order valence-corrected chi connectivity index (χ0v) is 9.60. The normalized spacial score (nSPS) is 10.9. The highest BCUT2D eigenvalue weighted by molar-refractivity contribution is 5.62. The van der Waals surface area contributed by atoms with E-state index in [0.717, 1.165) is 36.7 Å². The van der Waals surface area contributed by atoms with Crippen LogP contribution < -0.4 is 5.32 Å². The summed E-state index contributed by atoms with van der Waals surface area (Å²) in [6.45, 7) is 3.62. The number of methoxy groups -OCH3 is 1. The molecule has 86 valence electrons. The Hall–Kier alpha value is -1.62. The van der Waals surface area contributed by atoms with Gasteiger partial charge in [0, 0.05) is 44.5 Å². The van der Waals surface area contributed by atoms with Crippen LogP contribution in [0.3, 0.4) is 0 Å². The van der Waals surface area contributed by atoms with Crippen molar-refractivity contribution < 1.29 is 4.74 Å². The van der Waals surface area contributed by atoms with Gasteiger partial charge >= 0.3 is 0 Å². The first kappa shape index (κ1) is 10.9. The van der Waals surface area contributed by atoms with Crippen LogP contribution in [0.1, 0.15) is 12.1 Å². The molecule has 0 spiro atoms. The van der Waals surface area contributed by atoms with Gasteiger partial charge in [-0.1, -0.05) is 0 Å². The molecule has 5 heteroatoms. The Morgan fingerprint density at radius 1 is 1.44 bits per heavy atom.